The number of carbonyl (C=O) groups is 1. The van der Waals surface area contributed by atoms with Gasteiger partial charge in [-0.1, -0.05) is 29.8 Å². The van der Waals surface area contributed by atoms with Crippen molar-refractivity contribution in [3.05, 3.63) is 65.4 Å². The predicted octanol–water partition coefficient (Wildman–Crippen LogP) is 4.85. The smallest absolute Gasteiger partial charge is 0.357 e. The Morgan fingerprint density at radius 3 is 2.62 bits per heavy atom. The number of pyridine rings is 1. The molecule has 4 aromatic rings. The van der Waals surface area contributed by atoms with Gasteiger partial charge in [-0.25, -0.2) is 9.78 Å². The number of hydrogen-bond donors (Lipinski definition) is 2. The molecule has 0 aliphatic rings. The van der Waals surface area contributed by atoms with Crippen molar-refractivity contribution < 1.29 is 9.90 Å². The number of hydrogen-bond acceptors (Lipinski definition) is 6. The maximum Gasteiger partial charge on any atom is 0.357 e. The molecule has 0 radical (unpaired) electrons. The molecule has 0 saturated carbocycles. The van der Waals surface area contributed by atoms with E-state index in [2.05, 4.69) is 20.5 Å². The Balaban J connectivity index is 1.87. The minimum absolute atomic E-state index is 0.0724. The number of halogens is 1. The summed E-state index contributed by atoms with van der Waals surface area (Å²) >= 11 is 7.30. The molecule has 0 atom stereocenters. The normalized spacial score (nSPS) is 10.8. The third-order valence-electron chi connectivity index (χ3n) is 3.69. The van der Waals surface area contributed by atoms with Gasteiger partial charge in [0.05, 0.1) is 4.70 Å². The average Bonchev–Trinajstić information content (AvgIpc) is 3.09. The van der Waals surface area contributed by atoms with Gasteiger partial charge in [0.25, 0.3) is 0 Å². The topological polar surface area (TPSA) is 88.0 Å². The molecular formula is C18H11ClN4O2S. The lowest BCUT2D eigenvalue weighted by Crippen LogP contribution is -2.05. The highest BCUT2D eigenvalue weighted by molar-refractivity contribution is 7.22. The SMILES string of the molecule is O=C(O)c1nnc(Nc2ccccn2)c2cc(-c3ccc(Cl)cc3)sc12. The van der Waals surface area contributed by atoms with Crippen LogP contribution < -0.4 is 5.32 Å². The van der Waals surface area contributed by atoms with Gasteiger partial charge in [-0.3, -0.25) is 0 Å². The Morgan fingerprint density at radius 1 is 1.12 bits per heavy atom. The van der Waals surface area contributed by atoms with Gasteiger partial charge >= 0.3 is 5.97 Å². The number of carboxylic acids is 1. The third-order valence-corrected chi connectivity index (χ3v) is 5.14. The molecule has 1 aromatic carbocycles. The highest BCUT2D eigenvalue weighted by Gasteiger charge is 2.19. The molecule has 0 saturated heterocycles. The first-order chi connectivity index (χ1) is 12.6. The number of anilines is 2. The van der Waals surface area contributed by atoms with Crippen molar-refractivity contribution in [3.63, 3.8) is 0 Å². The Morgan fingerprint density at radius 2 is 1.92 bits per heavy atom. The fourth-order valence-corrected chi connectivity index (χ4v) is 3.76. The minimum Gasteiger partial charge on any atom is -0.476 e. The summed E-state index contributed by atoms with van der Waals surface area (Å²) in [5.74, 6) is -0.0537. The van der Waals surface area contributed by atoms with E-state index in [-0.39, 0.29) is 5.69 Å². The first kappa shape index (κ1) is 16.4. The number of thiophene rings is 1. The van der Waals surface area contributed by atoms with Crippen molar-refractivity contribution in [1.29, 1.82) is 0 Å². The molecule has 6 nitrogen and oxygen atoms in total. The summed E-state index contributed by atoms with van der Waals surface area (Å²) in [6, 6.07) is 14.7. The molecule has 2 N–H and O–H groups in total. The van der Waals surface area contributed by atoms with Crippen LogP contribution in [0.25, 0.3) is 20.5 Å². The van der Waals surface area contributed by atoms with Gasteiger partial charge in [0.1, 0.15) is 5.82 Å². The maximum absolute atomic E-state index is 11.5. The van der Waals surface area contributed by atoms with E-state index in [9.17, 15) is 9.90 Å². The third kappa shape index (κ3) is 3.10. The molecule has 0 bridgehead atoms. The molecule has 0 unspecified atom stereocenters. The fourth-order valence-electron chi connectivity index (χ4n) is 2.49. The van der Waals surface area contributed by atoms with Crippen LogP contribution in [-0.4, -0.2) is 26.3 Å². The first-order valence-electron chi connectivity index (χ1n) is 7.59. The minimum atomic E-state index is -1.11. The lowest BCUT2D eigenvalue weighted by atomic mass is 10.1. The molecule has 3 heterocycles. The summed E-state index contributed by atoms with van der Waals surface area (Å²) in [6.45, 7) is 0. The molecule has 0 amide bonds. The first-order valence-corrected chi connectivity index (χ1v) is 8.79. The number of fused-ring (bicyclic) bond motifs is 1. The van der Waals surface area contributed by atoms with Crippen molar-refractivity contribution in [1.82, 2.24) is 15.2 Å². The summed E-state index contributed by atoms with van der Waals surface area (Å²) in [7, 11) is 0. The van der Waals surface area contributed by atoms with Crippen LogP contribution in [-0.2, 0) is 0 Å². The Labute approximate surface area is 157 Å². The average molecular weight is 383 g/mol. The molecule has 8 heteroatoms. The Hall–Kier alpha value is -3.03. The van der Waals surface area contributed by atoms with Crippen molar-refractivity contribution in [3.8, 4) is 10.4 Å². The lowest BCUT2D eigenvalue weighted by molar-refractivity contribution is 0.0692. The zero-order valence-corrected chi connectivity index (χ0v) is 14.8. The Kier molecular flexibility index (Phi) is 4.24. The van der Waals surface area contributed by atoms with Crippen molar-refractivity contribution in [2.75, 3.05) is 5.32 Å². The van der Waals surface area contributed by atoms with Crippen LogP contribution >= 0.6 is 22.9 Å². The van der Waals surface area contributed by atoms with Gasteiger partial charge in [0, 0.05) is 21.5 Å². The highest BCUT2D eigenvalue weighted by atomic mass is 35.5. The summed E-state index contributed by atoms with van der Waals surface area (Å²) in [4.78, 5) is 16.6. The van der Waals surface area contributed by atoms with Gasteiger partial charge < -0.3 is 10.4 Å². The van der Waals surface area contributed by atoms with E-state index >= 15 is 0 Å². The van der Waals surface area contributed by atoms with Gasteiger partial charge in [-0.15, -0.1) is 21.5 Å². The van der Waals surface area contributed by atoms with Crippen molar-refractivity contribution in [2.24, 2.45) is 0 Å². The van der Waals surface area contributed by atoms with Crippen LogP contribution in [0.3, 0.4) is 0 Å². The quantitative estimate of drug-likeness (QED) is 0.524. The molecule has 128 valence electrons. The van der Waals surface area contributed by atoms with Gasteiger partial charge in [-0.2, -0.15) is 0 Å². The number of carboxylic acid groups (broad SMARTS) is 1. The van der Waals surface area contributed by atoms with Crippen LogP contribution in [0.1, 0.15) is 10.5 Å². The summed E-state index contributed by atoms with van der Waals surface area (Å²) in [5, 5.41) is 21.8. The van der Waals surface area contributed by atoms with Crippen LogP contribution in [0.2, 0.25) is 5.02 Å². The highest BCUT2D eigenvalue weighted by Crippen LogP contribution is 2.38. The monoisotopic (exact) mass is 382 g/mol. The lowest BCUT2D eigenvalue weighted by Gasteiger charge is -2.05. The zero-order valence-electron chi connectivity index (χ0n) is 13.2. The van der Waals surface area contributed by atoms with Gasteiger partial charge in [-0.05, 0) is 35.9 Å². The summed E-state index contributed by atoms with van der Waals surface area (Å²) < 4.78 is 0.552. The fraction of sp³-hybridized carbons (Fsp3) is 0. The van der Waals surface area contributed by atoms with E-state index in [0.717, 1.165) is 10.4 Å². The van der Waals surface area contributed by atoms with E-state index in [0.29, 0.717) is 26.7 Å². The molecule has 3 aromatic heterocycles. The van der Waals surface area contributed by atoms with Crippen LogP contribution in [0.4, 0.5) is 11.6 Å². The number of rotatable bonds is 4. The summed E-state index contributed by atoms with van der Waals surface area (Å²) in [5.41, 5.74) is 0.868. The number of aromatic nitrogens is 3. The Bertz CT molecular complexity index is 1100. The van der Waals surface area contributed by atoms with Crippen LogP contribution in [0.15, 0.2) is 54.7 Å². The number of aromatic carboxylic acids is 1. The molecule has 0 aliphatic heterocycles. The molecular weight excluding hydrogens is 372 g/mol. The standard InChI is InChI=1S/C18H11ClN4O2S/c19-11-6-4-10(5-7-11)13-9-12-16(26-13)15(18(24)25)22-23-17(12)21-14-3-1-2-8-20-14/h1-9H,(H,24,25)(H,20,21,23). The van der Waals surface area contributed by atoms with E-state index in [4.69, 9.17) is 11.6 Å². The molecule has 4 rings (SSSR count). The molecule has 0 aliphatic carbocycles. The van der Waals surface area contributed by atoms with Crippen molar-refractivity contribution >= 4 is 50.6 Å². The van der Waals surface area contributed by atoms with Crippen LogP contribution in [0, 0.1) is 0 Å². The maximum atomic E-state index is 11.5. The second-order valence-corrected chi connectivity index (χ2v) is 6.89. The van der Waals surface area contributed by atoms with Gasteiger partial charge in [0.15, 0.2) is 11.5 Å². The van der Waals surface area contributed by atoms with Gasteiger partial charge in [0.2, 0.25) is 0 Å². The van der Waals surface area contributed by atoms with Crippen molar-refractivity contribution in [2.45, 2.75) is 0 Å². The second kappa shape index (κ2) is 6.70. The van der Waals surface area contributed by atoms with E-state index in [1.54, 1.807) is 24.4 Å². The molecule has 0 fully saturated rings. The summed E-state index contributed by atoms with van der Waals surface area (Å²) in [6.07, 6.45) is 1.66. The molecule has 0 spiro atoms. The largest absolute Gasteiger partial charge is 0.476 e. The number of nitrogens with one attached hydrogen (secondary N) is 1. The number of benzene rings is 1. The van der Waals surface area contributed by atoms with E-state index < -0.39 is 5.97 Å². The van der Waals surface area contributed by atoms with E-state index in [1.807, 2.05) is 30.3 Å². The number of nitrogens with zero attached hydrogens (tertiary/aromatic N) is 3. The van der Waals surface area contributed by atoms with Crippen LogP contribution in [0.5, 0.6) is 0 Å². The molecule has 26 heavy (non-hydrogen) atoms. The predicted molar refractivity (Wildman–Crippen MR) is 102 cm³/mol. The zero-order chi connectivity index (χ0) is 18.1. The van der Waals surface area contributed by atoms with E-state index in [1.165, 1.54) is 11.3 Å². The second-order valence-electron chi connectivity index (χ2n) is 5.40.